The molecule has 0 saturated heterocycles. The van der Waals surface area contributed by atoms with Gasteiger partial charge in [-0.3, -0.25) is 0 Å². The molecule has 0 amide bonds. The lowest BCUT2D eigenvalue weighted by Gasteiger charge is -2.05. The molecule has 1 heterocycles. The summed E-state index contributed by atoms with van der Waals surface area (Å²) in [6.45, 7) is 6.05. The smallest absolute Gasteiger partial charge is 0.233 e. The Hall–Kier alpha value is -1.35. The number of nitrogens with zero attached hydrogens (tertiary/aromatic N) is 1. The zero-order valence-corrected chi connectivity index (χ0v) is 9.89. The van der Waals surface area contributed by atoms with Crippen LogP contribution in [0.3, 0.4) is 0 Å². The number of rotatable bonds is 2. The van der Waals surface area contributed by atoms with Crippen molar-refractivity contribution in [3.8, 4) is 11.6 Å². The summed E-state index contributed by atoms with van der Waals surface area (Å²) in [5, 5.41) is 1.04. The minimum atomic E-state index is 0.729. The van der Waals surface area contributed by atoms with Gasteiger partial charge in [0.15, 0.2) is 0 Å². The van der Waals surface area contributed by atoms with Crippen LogP contribution in [0.15, 0.2) is 24.3 Å². The lowest BCUT2D eigenvalue weighted by Crippen LogP contribution is -1.88. The summed E-state index contributed by atoms with van der Waals surface area (Å²) >= 11 is 1.66. The Labute approximate surface area is 93.6 Å². The van der Waals surface area contributed by atoms with Crippen molar-refractivity contribution in [3.63, 3.8) is 0 Å². The van der Waals surface area contributed by atoms with Crippen molar-refractivity contribution in [1.29, 1.82) is 0 Å². The molecule has 0 fully saturated rings. The Morgan fingerprint density at radius 2 is 1.87 bits per heavy atom. The predicted molar refractivity (Wildman–Crippen MR) is 62.8 cm³/mol. The second-order valence-electron chi connectivity index (χ2n) is 3.46. The van der Waals surface area contributed by atoms with Crippen molar-refractivity contribution < 1.29 is 4.74 Å². The van der Waals surface area contributed by atoms with Crippen LogP contribution >= 0.6 is 11.3 Å². The molecule has 0 spiro atoms. The van der Waals surface area contributed by atoms with E-state index < -0.39 is 0 Å². The quantitative estimate of drug-likeness (QED) is 0.765. The molecule has 0 aliphatic carbocycles. The van der Waals surface area contributed by atoms with E-state index >= 15 is 0 Å². The molecular weight excluding hydrogens is 206 g/mol. The van der Waals surface area contributed by atoms with Gasteiger partial charge in [0.05, 0.1) is 9.88 Å². The monoisotopic (exact) mass is 219 g/mol. The topological polar surface area (TPSA) is 22.1 Å². The van der Waals surface area contributed by atoms with Crippen LogP contribution in [-0.4, -0.2) is 4.98 Å². The Morgan fingerprint density at radius 3 is 2.47 bits per heavy atom. The van der Waals surface area contributed by atoms with E-state index in [-0.39, 0.29) is 0 Å². The maximum atomic E-state index is 5.76. The number of benzene rings is 1. The minimum absolute atomic E-state index is 0.729. The van der Waals surface area contributed by atoms with Crippen molar-refractivity contribution in [3.05, 3.63) is 39.7 Å². The van der Waals surface area contributed by atoms with E-state index in [4.69, 9.17) is 4.74 Å². The molecule has 78 valence electrons. The van der Waals surface area contributed by atoms with Crippen molar-refractivity contribution in [2.24, 2.45) is 0 Å². The molecule has 0 radical (unpaired) electrons. The normalized spacial score (nSPS) is 10.3. The van der Waals surface area contributed by atoms with Gasteiger partial charge in [-0.1, -0.05) is 18.2 Å². The Balaban J connectivity index is 2.29. The third kappa shape index (κ3) is 2.18. The third-order valence-electron chi connectivity index (χ3n) is 2.16. The SMILES string of the molecule is Cc1nc(Oc2ccccc2C)c(C)s1. The Morgan fingerprint density at radius 1 is 1.13 bits per heavy atom. The number of para-hydroxylation sites is 1. The van der Waals surface area contributed by atoms with Crippen LogP contribution in [0.4, 0.5) is 0 Å². The van der Waals surface area contributed by atoms with Gasteiger partial charge >= 0.3 is 0 Å². The average molecular weight is 219 g/mol. The maximum Gasteiger partial charge on any atom is 0.233 e. The number of ether oxygens (including phenoxy) is 1. The number of hydrogen-bond acceptors (Lipinski definition) is 3. The van der Waals surface area contributed by atoms with Crippen molar-refractivity contribution in [2.75, 3.05) is 0 Å². The van der Waals surface area contributed by atoms with Crippen molar-refractivity contribution in [2.45, 2.75) is 20.8 Å². The zero-order valence-electron chi connectivity index (χ0n) is 9.07. The summed E-state index contributed by atoms with van der Waals surface area (Å²) in [6.07, 6.45) is 0. The third-order valence-corrected chi connectivity index (χ3v) is 3.03. The molecule has 3 heteroatoms. The summed E-state index contributed by atoms with van der Waals surface area (Å²) in [6, 6.07) is 7.96. The fourth-order valence-corrected chi connectivity index (χ4v) is 2.13. The van der Waals surface area contributed by atoms with Crippen LogP contribution in [0.2, 0.25) is 0 Å². The van der Waals surface area contributed by atoms with Crippen LogP contribution in [0.25, 0.3) is 0 Å². The Bertz CT molecular complexity index is 476. The van der Waals surface area contributed by atoms with Gasteiger partial charge in [0.1, 0.15) is 5.75 Å². The van der Waals surface area contributed by atoms with E-state index in [1.165, 1.54) is 0 Å². The van der Waals surface area contributed by atoms with E-state index in [9.17, 15) is 0 Å². The molecule has 2 nitrogen and oxygen atoms in total. The van der Waals surface area contributed by atoms with Crippen molar-refractivity contribution in [1.82, 2.24) is 4.98 Å². The molecule has 15 heavy (non-hydrogen) atoms. The fraction of sp³-hybridized carbons (Fsp3) is 0.250. The number of thiazole rings is 1. The van der Waals surface area contributed by atoms with Gasteiger partial charge in [-0.15, -0.1) is 11.3 Å². The number of aromatic nitrogens is 1. The van der Waals surface area contributed by atoms with Crippen LogP contribution in [-0.2, 0) is 0 Å². The molecule has 2 aromatic rings. The van der Waals surface area contributed by atoms with Gasteiger partial charge < -0.3 is 4.74 Å². The lowest BCUT2D eigenvalue weighted by molar-refractivity contribution is 0.459. The summed E-state index contributed by atoms with van der Waals surface area (Å²) in [5.41, 5.74) is 1.13. The zero-order chi connectivity index (χ0) is 10.8. The minimum Gasteiger partial charge on any atom is -0.438 e. The van der Waals surface area contributed by atoms with Crippen LogP contribution < -0.4 is 4.74 Å². The van der Waals surface area contributed by atoms with Gasteiger partial charge in [0.25, 0.3) is 0 Å². The van der Waals surface area contributed by atoms with E-state index in [1.54, 1.807) is 11.3 Å². The van der Waals surface area contributed by atoms with Gasteiger partial charge in [-0.05, 0) is 32.4 Å². The maximum absolute atomic E-state index is 5.76. The lowest BCUT2D eigenvalue weighted by atomic mass is 10.2. The van der Waals surface area contributed by atoms with E-state index in [0.717, 1.165) is 27.1 Å². The molecule has 0 N–H and O–H groups in total. The van der Waals surface area contributed by atoms with E-state index in [2.05, 4.69) is 4.98 Å². The number of hydrogen-bond donors (Lipinski definition) is 0. The standard InChI is InChI=1S/C12H13NOS/c1-8-6-4-5-7-11(8)14-12-9(2)15-10(3)13-12/h4-7H,1-3H3. The van der Waals surface area contributed by atoms with Crippen LogP contribution in [0, 0.1) is 20.8 Å². The highest BCUT2D eigenvalue weighted by molar-refractivity contribution is 7.11. The molecule has 0 bridgehead atoms. The molecule has 1 aromatic carbocycles. The van der Waals surface area contributed by atoms with Gasteiger partial charge in [-0.2, -0.15) is 0 Å². The molecule has 0 aliphatic heterocycles. The van der Waals surface area contributed by atoms with Gasteiger partial charge in [0.2, 0.25) is 5.88 Å². The first-order chi connectivity index (χ1) is 7.16. The molecule has 0 saturated carbocycles. The molecule has 1 aromatic heterocycles. The second-order valence-corrected chi connectivity index (χ2v) is 4.87. The Kier molecular flexibility index (Phi) is 2.73. The van der Waals surface area contributed by atoms with Gasteiger partial charge in [0, 0.05) is 0 Å². The molecule has 2 rings (SSSR count). The van der Waals surface area contributed by atoms with Gasteiger partial charge in [-0.25, -0.2) is 4.98 Å². The van der Waals surface area contributed by atoms with E-state index in [1.807, 2.05) is 45.0 Å². The first-order valence-corrected chi connectivity index (χ1v) is 5.66. The van der Waals surface area contributed by atoms with Crippen LogP contribution in [0.1, 0.15) is 15.4 Å². The first-order valence-electron chi connectivity index (χ1n) is 4.84. The molecule has 0 aliphatic rings. The largest absolute Gasteiger partial charge is 0.438 e. The summed E-state index contributed by atoms with van der Waals surface area (Å²) in [5.74, 6) is 1.61. The summed E-state index contributed by atoms with van der Waals surface area (Å²) < 4.78 is 5.76. The summed E-state index contributed by atoms with van der Waals surface area (Å²) in [4.78, 5) is 5.46. The summed E-state index contributed by atoms with van der Waals surface area (Å²) in [7, 11) is 0. The van der Waals surface area contributed by atoms with E-state index in [0.29, 0.717) is 0 Å². The predicted octanol–water partition coefficient (Wildman–Crippen LogP) is 3.86. The highest BCUT2D eigenvalue weighted by Crippen LogP contribution is 2.29. The highest BCUT2D eigenvalue weighted by Gasteiger charge is 2.07. The second kappa shape index (κ2) is 4.03. The fourth-order valence-electron chi connectivity index (χ4n) is 1.38. The molecule has 0 unspecified atom stereocenters. The molecular formula is C12H13NOS. The average Bonchev–Trinajstić information content (AvgIpc) is 2.49. The van der Waals surface area contributed by atoms with Crippen molar-refractivity contribution >= 4 is 11.3 Å². The van der Waals surface area contributed by atoms with Crippen LogP contribution in [0.5, 0.6) is 11.6 Å². The first kappa shape index (κ1) is 10.2. The molecule has 0 atom stereocenters. The number of aryl methyl sites for hydroxylation is 3. The highest BCUT2D eigenvalue weighted by atomic mass is 32.1.